The van der Waals surface area contributed by atoms with Crippen LogP contribution in [0.3, 0.4) is 0 Å². The van der Waals surface area contributed by atoms with E-state index >= 15 is 0 Å². The van der Waals surface area contributed by atoms with Gasteiger partial charge in [0.15, 0.2) is 6.10 Å². The summed E-state index contributed by atoms with van der Waals surface area (Å²) in [6, 6.07) is 0. The smallest absolute Gasteiger partial charge is 0.462 e. The summed E-state index contributed by atoms with van der Waals surface area (Å²) in [4.78, 5) is 36.9. The molecule has 0 saturated carbocycles. The van der Waals surface area contributed by atoms with Crippen molar-refractivity contribution in [3.63, 3.8) is 0 Å². The van der Waals surface area contributed by atoms with E-state index in [4.69, 9.17) is 28.0 Å². The summed E-state index contributed by atoms with van der Waals surface area (Å²) in [6.07, 6.45) is 19.2. The van der Waals surface area contributed by atoms with Crippen LogP contribution in [0.2, 0.25) is 0 Å². The van der Waals surface area contributed by atoms with E-state index in [0.29, 0.717) is 13.0 Å². The molecule has 0 saturated heterocycles. The minimum atomic E-state index is -4.36. The summed E-state index contributed by atoms with van der Waals surface area (Å²) in [6.45, 7) is 4.22. The van der Waals surface area contributed by atoms with Crippen LogP contribution in [0.5, 0.6) is 0 Å². The lowest BCUT2D eigenvalue weighted by Gasteiger charge is -2.20. The van der Waals surface area contributed by atoms with Gasteiger partial charge in [-0.05, 0) is 39.3 Å². The first-order valence-corrected chi connectivity index (χ1v) is 19.4. The lowest BCUT2D eigenvalue weighted by molar-refractivity contribution is -0.161. The molecule has 12 heteroatoms. The Hall–Kier alpha value is -1.07. The van der Waals surface area contributed by atoms with Crippen LogP contribution in [0.1, 0.15) is 135 Å². The number of hydrogen-bond acceptors (Lipinski definition) is 10. The van der Waals surface area contributed by atoms with E-state index in [-0.39, 0.29) is 32.0 Å². The van der Waals surface area contributed by atoms with Crippen molar-refractivity contribution >= 4 is 19.8 Å². The topological polar surface area (TPSA) is 130 Å². The van der Waals surface area contributed by atoms with Gasteiger partial charge >= 0.3 is 19.8 Å². The molecule has 0 rings (SSSR count). The standard InChI is InChI=1S/C34H68NO10P/c1-5-35(2)26-29-43-46(38,39)44-31-32(45-34(37)25-21-17-13-9-7-11-15-19-23-28-41-4)30-42-33(36)24-20-16-12-8-6-10-14-18-22-27-40-3/h32H,5-31H2,1-4H3,(H,38,39). The Kier molecular flexibility index (Phi) is 31.7. The number of hydrogen-bond donors (Lipinski definition) is 1. The average Bonchev–Trinajstić information content (AvgIpc) is 3.03. The number of ether oxygens (including phenoxy) is 4. The monoisotopic (exact) mass is 681 g/mol. The zero-order chi connectivity index (χ0) is 34.1. The molecule has 0 bridgehead atoms. The Bertz CT molecular complexity index is 757. The molecule has 0 radical (unpaired) electrons. The molecule has 46 heavy (non-hydrogen) atoms. The molecule has 0 amide bonds. The van der Waals surface area contributed by atoms with Crippen LogP contribution in [0.4, 0.5) is 0 Å². The fraction of sp³-hybridized carbons (Fsp3) is 0.941. The number of phosphoric acid groups is 1. The number of carbonyl (C=O) groups is 2. The van der Waals surface area contributed by atoms with Crippen molar-refractivity contribution in [1.29, 1.82) is 0 Å². The largest absolute Gasteiger partial charge is 0.472 e. The zero-order valence-electron chi connectivity index (χ0n) is 29.7. The minimum absolute atomic E-state index is 0.0137. The molecule has 0 aliphatic rings. The number of unbranched alkanes of at least 4 members (excludes halogenated alkanes) is 16. The molecule has 0 spiro atoms. The Morgan fingerprint density at radius 1 is 0.630 bits per heavy atom. The number of nitrogens with zero attached hydrogens (tertiary/aromatic N) is 1. The summed E-state index contributed by atoms with van der Waals surface area (Å²) in [7, 11) is 0.971. The van der Waals surface area contributed by atoms with Gasteiger partial charge in [0.1, 0.15) is 6.61 Å². The molecular formula is C34H68NO10P. The van der Waals surface area contributed by atoms with Crippen molar-refractivity contribution in [3.05, 3.63) is 0 Å². The first-order valence-electron chi connectivity index (χ1n) is 17.9. The lowest BCUT2D eigenvalue weighted by atomic mass is 10.1. The van der Waals surface area contributed by atoms with Gasteiger partial charge < -0.3 is 28.7 Å². The third kappa shape index (κ3) is 31.5. The molecule has 0 aromatic heterocycles. The van der Waals surface area contributed by atoms with Crippen LogP contribution >= 0.6 is 7.82 Å². The molecule has 2 atom stereocenters. The van der Waals surface area contributed by atoms with E-state index in [1.807, 2.05) is 18.9 Å². The predicted octanol–water partition coefficient (Wildman–Crippen LogP) is 7.62. The van der Waals surface area contributed by atoms with E-state index < -0.39 is 26.5 Å². The van der Waals surface area contributed by atoms with Crippen molar-refractivity contribution in [2.45, 2.75) is 141 Å². The summed E-state index contributed by atoms with van der Waals surface area (Å²) in [5, 5.41) is 0. The maximum atomic E-state index is 12.5. The van der Waals surface area contributed by atoms with Crippen molar-refractivity contribution in [2.24, 2.45) is 0 Å². The zero-order valence-corrected chi connectivity index (χ0v) is 30.6. The molecule has 0 fully saturated rings. The fourth-order valence-corrected chi connectivity index (χ4v) is 5.55. The highest BCUT2D eigenvalue weighted by molar-refractivity contribution is 7.47. The van der Waals surface area contributed by atoms with Gasteiger partial charge in [0.05, 0.1) is 13.2 Å². The molecule has 1 N–H and O–H groups in total. The Morgan fingerprint density at radius 2 is 1.07 bits per heavy atom. The van der Waals surface area contributed by atoms with Crippen molar-refractivity contribution in [2.75, 3.05) is 67.4 Å². The SMILES string of the molecule is CCN(C)CCOP(=O)(O)OCC(COC(=O)CCCCCCCCCCCOC)OC(=O)CCCCCCCCCCCOC. The van der Waals surface area contributed by atoms with Gasteiger partial charge in [0.25, 0.3) is 0 Å². The van der Waals surface area contributed by atoms with Gasteiger partial charge in [0, 0.05) is 46.8 Å². The molecule has 0 aromatic rings. The molecule has 0 heterocycles. The first-order chi connectivity index (χ1) is 22.2. The van der Waals surface area contributed by atoms with E-state index in [1.54, 1.807) is 14.2 Å². The molecular weight excluding hydrogens is 613 g/mol. The maximum absolute atomic E-state index is 12.5. The van der Waals surface area contributed by atoms with Crippen LogP contribution in [0, 0.1) is 0 Å². The average molecular weight is 682 g/mol. The van der Waals surface area contributed by atoms with Crippen molar-refractivity contribution in [1.82, 2.24) is 4.90 Å². The quantitative estimate of drug-likeness (QED) is 0.0403. The molecule has 0 aromatic carbocycles. The second-order valence-corrected chi connectivity index (χ2v) is 13.6. The Balaban J connectivity index is 4.42. The van der Waals surface area contributed by atoms with E-state index in [0.717, 1.165) is 77.5 Å². The molecule has 2 unspecified atom stereocenters. The number of methoxy groups -OCH3 is 2. The van der Waals surface area contributed by atoms with Gasteiger partial charge in [-0.1, -0.05) is 96.8 Å². The van der Waals surface area contributed by atoms with Crippen LogP contribution in [-0.4, -0.2) is 95.2 Å². The number of esters is 2. The van der Waals surface area contributed by atoms with E-state index in [9.17, 15) is 19.0 Å². The van der Waals surface area contributed by atoms with Gasteiger partial charge in [-0.2, -0.15) is 0 Å². The fourth-order valence-electron chi connectivity index (χ4n) is 4.81. The summed E-state index contributed by atoms with van der Waals surface area (Å²) in [5.74, 6) is -0.830. The predicted molar refractivity (Wildman–Crippen MR) is 182 cm³/mol. The maximum Gasteiger partial charge on any atom is 0.472 e. The normalized spacial score (nSPS) is 13.5. The van der Waals surface area contributed by atoms with Crippen molar-refractivity contribution in [3.8, 4) is 0 Å². The second-order valence-electron chi connectivity index (χ2n) is 12.1. The molecule has 11 nitrogen and oxygen atoms in total. The first kappa shape index (κ1) is 44.9. The molecule has 0 aliphatic carbocycles. The van der Waals surface area contributed by atoms with Gasteiger partial charge in [-0.25, -0.2) is 4.57 Å². The highest BCUT2D eigenvalue weighted by Crippen LogP contribution is 2.43. The van der Waals surface area contributed by atoms with Crippen LogP contribution in [-0.2, 0) is 42.1 Å². The van der Waals surface area contributed by atoms with Crippen LogP contribution in [0.15, 0.2) is 0 Å². The number of rotatable bonds is 35. The number of carbonyl (C=O) groups excluding carboxylic acids is 2. The van der Waals surface area contributed by atoms with Crippen LogP contribution in [0.25, 0.3) is 0 Å². The highest BCUT2D eigenvalue weighted by Gasteiger charge is 2.26. The third-order valence-corrected chi connectivity index (χ3v) is 8.86. The summed E-state index contributed by atoms with van der Waals surface area (Å²) >= 11 is 0. The van der Waals surface area contributed by atoms with Crippen LogP contribution < -0.4 is 0 Å². The van der Waals surface area contributed by atoms with E-state index in [2.05, 4.69) is 0 Å². The summed E-state index contributed by atoms with van der Waals surface area (Å²) < 4.78 is 43.5. The van der Waals surface area contributed by atoms with Gasteiger partial charge in [-0.3, -0.25) is 18.6 Å². The molecule has 0 aliphatic heterocycles. The highest BCUT2D eigenvalue weighted by atomic mass is 31.2. The Morgan fingerprint density at radius 3 is 1.52 bits per heavy atom. The van der Waals surface area contributed by atoms with Gasteiger partial charge in [0.2, 0.25) is 0 Å². The minimum Gasteiger partial charge on any atom is -0.462 e. The Labute approximate surface area is 280 Å². The summed E-state index contributed by atoms with van der Waals surface area (Å²) in [5.41, 5.74) is 0. The van der Waals surface area contributed by atoms with E-state index in [1.165, 1.54) is 51.4 Å². The second kappa shape index (κ2) is 32.5. The van der Waals surface area contributed by atoms with Crippen molar-refractivity contribution < 1.29 is 47.0 Å². The van der Waals surface area contributed by atoms with Gasteiger partial charge in [-0.15, -0.1) is 0 Å². The number of likely N-dealkylation sites (N-methyl/N-ethyl adjacent to an activating group) is 1. The number of phosphoric ester groups is 1. The lowest BCUT2D eigenvalue weighted by Crippen LogP contribution is -2.29. The molecule has 274 valence electrons. The third-order valence-electron chi connectivity index (χ3n) is 7.88.